The molecule has 0 aliphatic carbocycles. The minimum Gasteiger partial charge on any atom is -0.395 e. The maximum Gasteiger partial charge on any atom is 0.102 e. The maximum absolute atomic E-state index is 11.9. The van der Waals surface area contributed by atoms with E-state index in [0.717, 1.165) is 16.8 Å². The summed E-state index contributed by atoms with van der Waals surface area (Å²) in [6.45, 7) is 6.38. The van der Waals surface area contributed by atoms with Gasteiger partial charge in [-0.05, 0) is 44.0 Å². The SMILES string of the molecule is Cc1ccc(N(CCO)CCO)cc1CC(C)(C)[O]. The number of benzene rings is 1. The molecule has 0 atom stereocenters. The van der Waals surface area contributed by atoms with Gasteiger partial charge in [-0.15, -0.1) is 0 Å². The van der Waals surface area contributed by atoms with Crippen LogP contribution in [0.15, 0.2) is 18.2 Å². The van der Waals surface area contributed by atoms with Crippen molar-refractivity contribution < 1.29 is 15.3 Å². The number of aliphatic hydroxyl groups excluding tert-OH is 2. The summed E-state index contributed by atoms with van der Waals surface area (Å²) in [5.41, 5.74) is 2.06. The lowest BCUT2D eigenvalue weighted by atomic mass is 9.95. The third-order valence-corrected chi connectivity index (χ3v) is 3.05. The van der Waals surface area contributed by atoms with Crippen molar-refractivity contribution in [2.45, 2.75) is 32.8 Å². The average Bonchev–Trinajstić information content (AvgIpc) is 2.30. The molecule has 0 aliphatic heterocycles. The van der Waals surface area contributed by atoms with Crippen LogP contribution in [0.1, 0.15) is 25.0 Å². The van der Waals surface area contributed by atoms with Crippen molar-refractivity contribution in [2.24, 2.45) is 0 Å². The van der Waals surface area contributed by atoms with Gasteiger partial charge in [0, 0.05) is 25.2 Å². The van der Waals surface area contributed by atoms with E-state index in [4.69, 9.17) is 10.2 Å². The van der Waals surface area contributed by atoms with Gasteiger partial charge in [-0.3, -0.25) is 0 Å². The quantitative estimate of drug-likeness (QED) is 0.787. The Balaban J connectivity index is 2.99. The number of hydrogen-bond donors (Lipinski definition) is 2. The number of nitrogens with zero attached hydrogens (tertiary/aromatic N) is 1. The van der Waals surface area contributed by atoms with Crippen molar-refractivity contribution in [3.63, 3.8) is 0 Å². The highest BCUT2D eigenvalue weighted by atomic mass is 16.3. The number of aryl methyl sites for hydroxylation is 1. The highest BCUT2D eigenvalue weighted by Gasteiger charge is 2.18. The van der Waals surface area contributed by atoms with Crippen LogP contribution in [0.4, 0.5) is 5.69 Å². The van der Waals surface area contributed by atoms with Crippen LogP contribution in [-0.2, 0) is 11.5 Å². The monoisotopic (exact) mass is 266 g/mol. The van der Waals surface area contributed by atoms with E-state index in [9.17, 15) is 5.11 Å². The number of anilines is 1. The van der Waals surface area contributed by atoms with Gasteiger partial charge in [-0.1, -0.05) is 6.07 Å². The molecule has 4 heteroatoms. The Labute approximate surface area is 115 Å². The number of hydrogen-bond acceptors (Lipinski definition) is 3. The molecule has 0 amide bonds. The van der Waals surface area contributed by atoms with E-state index >= 15 is 0 Å². The van der Waals surface area contributed by atoms with E-state index in [1.54, 1.807) is 13.8 Å². The Morgan fingerprint density at radius 2 is 1.74 bits per heavy atom. The summed E-state index contributed by atoms with van der Waals surface area (Å²) in [4.78, 5) is 1.92. The van der Waals surface area contributed by atoms with Gasteiger partial charge in [0.2, 0.25) is 0 Å². The molecule has 107 valence electrons. The molecule has 4 nitrogen and oxygen atoms in total. The van der Waals surface area contributed by atoms with Crippen LogP contribution in [0.3, 0.4) is 0 Å². The first kappa shape index (κ1) is 16.0. The molecule has 0 aliphatic rings. The van der Waals surface area contributed by atoms with E-state index in [0.29, 0.717) is 19.5 Å². The normalized spacial score (nSPS) is 11.7. The molecule has 0 bridgehead atoms. The van der Waals surface area contributed by atoms with E-state index < -0.39 is 5.60 Å². The second-order valence-corrected chi connectivity index (χ2v) is 5.48. The molecule has 0 saturated carbocycles. The zero-order chi connectivity index (χ0) is 14.5. The van der Waals surface area contributed by atoms with Gasteiger partial charge in [0.05, 0.1) is 13.2 Å². The first-order valence-corrected chi connectivity index (χ1v) is 6.64. The molecule has 1 aromatic carbocycles. The largest absolute Gasteiger partial charge is 0.395 e. The third-order valence-electron chi connectivity index (χ3n) is 3.05. The fourth-order valence-electron chi connectivity index (χ4n) is 2.12. The van der Waals surface area contributed by atoms with Crippen molar-refractivity contribution in [2.75, 3.05) is 31.2 Å². The van der Waals surface area contributed by atoms with Crippen LogP contribution in [0.5, 0.6) is 0 Å². The van der Waals surface area contributed by atoms with E-state index in [1.807, 2.05) is 30.0 Å². The van der Waals surface area contributed by atoms with Gasteiger partial charge in [0.15, 0.2) is 0 Å². The molecule has 0 aromatic heterocycles. The summed E-state index contributed by atoms with van der Waals surface area (Å²) in [5.74, 6) is 0. The summed E-state index contributed by atoms with van der Waals surface area (Å²) >= 11 is 0. The molecule has 0 fully saturated rings. The molecule has 1 aromatic rings. The van der Waals surface area contributed by atoms with E-state index in [2.05, 4.69) is 0 Å². The Bertz CT molecular complexity index is 393. The van der Waals surface area contributed by atoms with Crippen molar-refractivity contribution in [3.05, 3.63) is 29.3 Å². The van der Waals surface area contributed by atoms with Gasteiger partial charge < -0.3 is 15.1 Å². The van der Waals surface area contributed by atoms with Crippen LogP contribution in [-0.4, -0.2) is 42.1 Å². The first-order valence-electron chi connectivity index (χ1n) is 6.64. The van der Waals surface area contributed by atoms with E-state index in [1.165, 1.54) is 0 Å². The minimum atomic E-state index is -0.998. The summed E-state index contributed by atoms with van der Waals surface area (Å²) < 4.78 is 0. The van der Waals surface area contributed by atoms with Crippen molar-refractivity contribution in [1.82, 2.24) is 0 Å². The first-order chi connectivity index (χ1) is 8.87. The molecule has 0 unspecified atom stereocenters. The minimum absolute atomic E-state index is 0.0380. The zero-order valence-electron chi connectivity index (χ0n) is 12.0. The summed E-state index contributed by atoms with van der Waals surface area (Å²) in [5, 5.41) is 30.0. The lowest BCUT2D eigenvalue weighted by Crippen LogP contribution is -2.30. The molecule has 0 spiro atoms. The smallest absolute Gasteiger partial charge is 0.102 e. The highest BCUT2D eigenvalue weighted by molar-refractivity contribution is 5.51. The van der Waals surface area contributed by atoms with Gasteiger partial charge in [-0.25, -0.2) is 5.11 Å². The Kier molecular flexibility index (Phi) is 5.79. The number of aliphatic hydroxyl groups is 2. The average molecular weight is 266 g/mol. The predicted octanol–water partition coefficient (Wildman–Crippen LogP) is 1.54. The van der Waals surface area contributed by atoms with Crippen molar-refractivity contribution in [1.29, 1.82) is 0 Å². The fourth-order valence-corrected chi connectivity index (χ4v) is 2.12. The predicted molar refractivity (Wildman–Crippen MR) is 76.0 cm³/mol. The topological polar surface area (TPSA) is 63.6 Å². The molecular weight excluding hydrogens is 242 g/mol. The maximum atomic E-state index is 11.9. The second-order valence-electron chi connectivity index (χ2n) is 5.48. The Hall–Kier alpha value is -1.10. The summed E-state index contributed by atoms with van der Waals surface area (Å²) in [6.07, 6.45) is 0.471. The number of rotatable bonds is 7. The standard InChI is InChI=1S/C15H24NO3/c1-12-4-5-14(16(6-8-17)7-9-18)10-13(12)11-15(2,3)19/h4-5,10,17-18H,6-9,11H2,1-3H3. The second kappa shape index (κ2) is 6.89. The fraction of sp³-hybridized carbons (Fsp3) is 0.600. The molecule has 2 N–H and O–H groups in total. The van der Waals surface area contributed by atoms with Crippen molar-refractivity contribution in [3.8, 4) is 0 Å². The Morgan fingerprint density at radius 1 is 1.16 bits per heavy atom. The third kappa shape index (κ3) is 5.19. The highest BCUT2D eigenvalue weighted by Crippen LogP contribution is 2.23. The zero-order valence-corrected chi connectivity index (χ0v) is 12.0. The molecule has 1 rings (SSSR count). The van der Waals surface area contributed by atoms with E-state index in [-0.39, 0.29) is 13.2 Å². The van der Waals surface area contributed by atoms with Crippen LogP contribution in [0.25, 0.3) is 0 Å². The van der Waals surface area contributed by atoms with Gasteiger partial charge in [-0.2, -0.15) is 0 Å². The molecule has 19 heavy (non-hydrogen) atoms. The van der Waals surface area contributed by atoms with Crippen LogP contribution < -0.4 is 4.90 Å². The van der Waals surface area contributed by atoms with Crippen molar-refractivity contribution >= 4 is 5.69 Å². The lowest BCUT2D eigenvalue weighted by molar-refractivity contribution is 0.00466. The van der Waals surface area contributed by atoms with Gasteiger partial charge in [0.1, 0.15) is 5.60 Å². The summed E-state index contributed by atoms with van der Waals surface area (Å²) in [6, 6.07) is 5.93. The molecule has 0 heterocycles. The van der Waals surface area contributed by atoms with Crippen LogP contribution in [0.2, 0.25) is 0 Å². The van der Waals surface area contributed by atoms with Gasteiger partial charge in [0.25, 0.3) is 0 Å². The van der Waals surface area contributed by atoms with Crippen LogP contribution in [0, 0.1) is 6.92 Å². The molecule has 0 saturated heterocycles. The Morgan fingerprint density at radius 3 is 2.21 bits per heavy atom. The van der Waals surface area contributed by atoms with Gasteiger partial charge >= 0.3 is 0 Å². The molecule has 1 radical (unpaired) electrons. The summed E-state index contributed by atoms with van der Waals surface area (Å²) in [7, 11) is 0. The lowest BCUT2D eigenvalue weighted by Gasteiger charge is -2.25. The van der Waals surface area contributed by atoms with Crippen LogP contribution >= 0.6 is 0 Å². The molecular formula is C15H24NO3.